The lowest BCUT2D eigenvalue weighted by Crippen LogP contribution is -2.45. The third kappa shape index (κ3) is 40.6. The highest BCUT2D eigenvalue weighted by atomic mass is 31.2. The number of aliphatic hydroxyl groups is 1. The fourth-order valence-corrected chi connectivity index (χ4v) is 7.14. The minimum absolute atomic E-state index is 0.0580. The second kappa shape index (κ2) is 38.9. The molecule has 1 amide bonds. The van der Waals surface area contributed by atoms with Crippen LogP contribution in [0.2, 0.25) is 0 Å². The maximum atomic E-state index is 12.9. The van der Waals surface area contributed by atoms with E-state index in [0.29, 0.717) is 17.4 Å². The van der Waals surface area contributed by atoms with E-state index in [4.69, 9.17) is 9.05 Å². The van der Waals surface area contributed by atoms with Gasteiger partial charge in [0.15, 0.2) is 0 Å². The van der Waals surface area contributed by atoms with E-state index >= 15 is 0 Å². The van der Waals surface area contributed by atoms with E-state index in [2.05, 4.69) is 55.6 Å². The quantitative estimate of drug-likeness (QED) is 0.0246. The van der Waals surface area contributed by atoms with Crippen molar-refractivity contribution in [1.82, 2.24) is 5.32 Å². The topological polar surface area (TPSA) is 105 Å². The summed E-state index contributed by atoms with van der Waals surface area (Å²) in [5.41, 5.74) is 0. The molecule has 8 nitrogen and oxygen atoms in total. The van der Waals surface area contributed by atoms with Gasteiger partial charge in [0.25, 0.3) is 0 Å². The van der Waals surface area contributed by atoms with E-state index in [0.717, 1.165) is 64.2 Å². The summed E-state index contributed by atoms with van der Waals surface area (Å²) in [4.78, 5) is 23.1. The number of nitrogens with zero attached hydrogens (tertiary/aromatic N) is 1. The number of amides is 1. The highest BCUT2D eigenvalue weighted by Crippen LogP contribution is 2.43. The average Bonchev–Trinajstić information content (AvgIpc) is 3.15. The van der Waals surface area contributed by atoms with Gasteiger partial charge in [0.1, 0.15) is 13.2 Å². The number of nitrogens with one attached hydrogen (secondary N) is 1. The van der Waals surface area contributed by atoms with Crippen LogP contribution in [-0.4, -0.2) is 73.4 Å². The summed E-state index contributed by atoms with van der Waals surface area (Å²) in [6, 6.07) is -0.852. The van der Waals surface area contributed by atoms with Crippen molar-refractivity contribution in [2.45, 2.75) is 206 Å². The lowest BCUT2D eigenvalue weighted by atomic mass is 10.0. The molecular formula is C47H90N2O6P+. The number of phosphoric ester groups is 1. The molecule has 9 heteroatoms. The Morgan fingerprint density at radius 2 is 1.07 bits per heavy atom. The van der Waals surface area contributed by atoms with Gasteiger partial charge in [-0.25, -0.2) is 4.57 Å². The highest BCUT2D eigenvalue weighted by Gasteiger charge is 2.27. The summed E-state index contributed by atoms with van der Waals surface area (Å²) in [6.07, 6.45) is 48.9. The van der Waals surface area contributed by atoms with Crippen molar-refractivity contribution in [2.24, 2.45) is 0 Å². The molecule has 3 N–H and O–H groups in total. The molecule has 0 aromatic rings. The molecule has 56 heavy (non-hydrogen) atoms. The third-order valence-electron chi connectivity index (χ3n) is 10.1. The SMILES string of the molecule is CC/C=C\C/C=C\C/C=C\CCCCCCCCCC(=O)NC(COP(=O)(O)OCC[N+](C)(C)C)C(O)/C=C/CCCCCCCCCCCCCCCCC. The molecule has 0 heterocycles. The summed E-state index contributed by atoms with van der Waals surface area (Å²) in [5.74, 6) is -0.189. The Morgan fingerprint density at radius 3 is 1.57 bits per heavy atom. The van der Waals surface area contributed by atoms with Crippen LogP contribution in [0.3, 0.4) is 0 Å². The Hall–Kier alpha value is -1.54. The van der Waals surface area contributed by atoms with Gasteiger partial charge in [-0.2, -0.15) is 0 Å². The molecule has 328 valence electrons. The Bertz CT molecular complexity index is 1050. The maximum absolute atomic E-state index is 12.9. The number of aliphatic hydroxyl groups excluding tert-OH is 1. The second-order valence-corrected chi connectivity index (χ2v) is 18.2. The first kappa shape index (κ1) is 54.5. The van der Waals surface area contributed by atoms with E-state index in [1.54, 1.807) is 6.08 Å². The van der Waals surface area contributed by atoms with Crippen LogP contribution in [0, 0.1) is 0 Å². The second-order valence-electron chi connectivity index (χ2n) is 16.8. The van der Waals surface area contributed by atoms with Crippen LogP contribution in [0.5, 0.6) is 0 Å². The number of likely N-dealkylation sites (N-methyl/N-ethyl adjacent to an activating group) is 1. The summed E-state index contributed by atoms with van der Waals surface area (Å²) >= 11 is 0. The summed E-state index contributed by atoms with van der Waals surface area (Å²) < 4.78 is 23.6. The first-order valence-electron chi connectivity index (χ1n) is 23.0. The van der Waals surface area contributed by atoms with Crippen LogP contribution in [0.4, 0.5) is 0 Å². The van der Waals surface area contributed by atoms with Crippen molar-refractivity contribution in [3.8, 4) is 0 Å². The van der Waals surface area contributed by atoms with Crippen LogP contribution < -0.4 is 5.32 Å². The Kier molecular flexibility index (Phi) is 37.9. The summed E-state index contributed by atoms with van der Waals surface area (Å²) in [6.45, 7) is 4.69. The summed E-state index contributed by atoms with van der Waals surface area (Å²) in [7, 11) is 1.56. The number of carbonyl (C=O) groups excluding carboxylic acids is 1. The molecule has 0 aliphatic carbocycles. The number of unbranched alkanes of at least 4 members (excludes halogenated alkanes) is 22. The molecule has 0 aromatic carbocycles. The van der Waals surface area contributed by atoms with E-state index in [-0.39, 0.29) is 19.1 Å². The van der Waals surface area contributed by atoms with Crippen LogP contribution in [0.25, 0.3) is 0 Å². The van der Waals surface area contributed by atoms with Crippen LogP contribution in [-0.2, 0) is 18.4 Å². The molecule has 0 spiro atoms. The number of rotatable bonds is 41. The first-order chi connectivity index (χ1) is 27.0. The van der Waals surface area contributed by atoms with Gasteiger partial charge in [-0.05, 0) is 51.4 Å². The third-order valence-corrected chi connectivity index (χ3v) is 11.0. The molecule has 0 aromatic heterocycles. The fourth-order valence-electron chi connectivity index (χ4n) is 6.41. The van der Waals surface area contributed by atoms with Gasteiger partial charge < -0.3 is 19.8 Å². The number of hydrogen-bond donors (Lipinski definition) is 3. The highest BCUT2D eigenvalue weighted by molar-refractivity contribution is 7.47. The van der Waals surface area contributed by atoms with E-state index in [9.17, 15) is 19.4 Å². The zero-order chi connectivity index (χ0) is 41.4. The molecule has 0 saturated heterocycles. The monoisotopic (exact) mass is 810 g/mol. The molecular weight excluding hydrogens is 719 g/mol. The van der Waals surface area contributed by atoms with Gasteiger partial charge in [-0.3, -0.25) is 13.8 Å². The van der Waals surface area contributed by atoms with Gasteiger partial charge in [-0.1, -0.05) is 184 Å². The van der Waals surface area contributed by atoms with Gasteiger partial charge in [0, 0.05) is 6.42 Å². The summed E-state index contributed by atoms with van der Waals surface area (Å²) in [5, 5.41) is 13.8. The molecule has 0 fully saturated rings. The number of phosphoric acid groups is 1. The lowest BCUT2D eigenvalue weighted by Gasteiger charge is -2.25. The van der Waals surface area contributed by atoms with E-state index in [1.807, 2.05) is 27.2 Å². The molecule has 0 rings (SSSR count). The largest absolute Gasteiger partial charge is 0.472 e. The predicted molar refractivity (Wildman–Crippen MR) is 240 cm³/mol. The molecule has 0 bridgehead atoms. The zero-order valence-corrected chi connectivity index (χ0v) is 38.0. The van der Waals surface area contributed by atoms with Gasteiger partial charge >= 0.3 is 7.82 Å². The van der Waals surface area contributed by atoms with Crippen molar-refractivity contribution in [2.75, 3.05) is 40.9 Å². The maximum Gasteiger partial charge on any atom is 0.472 e. The zero-order valence-electron chi connectivity index (χ0n) is 37.1. The van der Waals surface area contributed by atoms with Crippen molar-refractivity contribution in [3.63, 3.8) is 0 Å². The Morgan fingerprint density at radius 1 is 0.625 bits per heavy atom. The van der Waals surface area contributed by atoms with Crippen LogP contribution >= 0.6 is 7.82 Å². The van der Waals surface area contributed by atoms with E-state index < -0.39 is 20.0 Å². The lowest BCUT2D eigenvalue weighted by molar-refractivity contribution is -0.870. The van der Waals surface area contributed by atoms with Gasteiger partial charge in [-0.15, -0.1) is 0 Å². The molecule has 3 atom stereocenters. The fraction of sp³-hybridized carbons (Fsp3) is 0.809. The van der Waals surface area contributed by atoms with Gasteiger partial charge in [0.2, 0.25) is 5.91 Å². The minimum Gasteiger partial charge on any atom is -0.387 e. The number of allylic oxidation sites excluding steroid dienone is 7. The van der Waals surface area contributed by atoms with Crippen molar-refractivity contribution in [3.05, 3.63) is 48.6 Å². The average molecular weight is 810 g/mol. The minimum atomic E-state index is -4.34. The normalized spacial score (nSPS) is 14.8. The Balaban J connectivity index is 4.42. The van der Waals surface area contributed by atoms with Crippen molar-refractivity contribution < 1.29 is 32.9 Å². The number of carbonyl (C=O) groups is 1. The predicted octanol–water partition coefficient (Wildman–Crippen LogP) is 12.9. The molecule has 0 saturated carbocycles. The first-order valence-corrected chi connectivity index (χ1v) is 24.5. The van der Waals surface area contributed by atoms with Crippen molar-refractivity contribution >= 4 is 13.7 Å². The number of quaternary nitrogens is 1. The smallest absolute Gasteiger partial charge is 0.387 e. The van der Waals surface area contributed by atoms with Crippen LogP contribution in [0.1, 0.15) is 194 Å². The van der Waals surface area contributed by atoms with Gasteiger partial charge in [0.05, 0.1) is 39.9 Å². The van der Waals surface area contributed by atoms with E-state index in [1.165, 1.54) is 109 Å². The molecule has 0 radical (unpaired) electrons. The van der Waals surface area contributed by atoms with Crippen LogP contribution in [0.15, 0.2) is 48.6 Å². The molecule has 0 aliphatic heterocycles. The Labute approximate surface area is 346 Å². The number of hydrogen-bond acceptors (Lipinski definition) is 5. The molecule has 0 aliphatic rings. The van der Waals surface area contributed by atoms with Crippen molar-refractivity contribution in [1.29, 1.82) is 0 Å². The standard InChI is InChI=1S/C47H89N2O6P/c1-6-8-10-12-14-16-18-20-22-24-26-28-30-32-34-36-38-40-46(50)45(44-55-56(52,53)54-43-42-49(3,4)5)48-47(51)41-39-37-35-33-31-29-27-25-23-21-19-17-15-13-11-9-7-2/h9,11,15,17,21,23,38,40,45-46,50H,6-8,10,12-14,16,18-20,22,24-37,39,41-44H2,1-5H3,(H-,48,51,52,53)/p+1/b11-9-,17-15-,23-21-,40-38+. The molecule has 3 unspecified atom stereocenters.